The third-order valence-corrected chi connectivity index (χ3v) is 6.03. The Morgan fingerprint density at radius 3 is 2.08 bits per heavy atom. The van der Waals surface area contributed by atoms with Gasteiger partial charge in [-0.3, -0.25) is 4.79 Å². The molecule has 4 nitrogen and oxygen atoms in total. The zero-order valence-electron chi connectivity index (χ0n) is 14.4. The van der Waals surface area contributed by atoms with Gasteiger partial charge in [-0.25, -0.2) is 0 Å². The summed E-state index contributed by atoms with van der Waals surface area (Å²) in [4.78, 5) is 12.2. The fraction of sp³-hybridized carbons (Fsp3) is 0.632. The zero-order chi connectivity index (χ0) is 18.4. The third-order valence-electron chi connectivity index (χ3n) is 6.03. The maximum atomic E-state index is 12.2. The summed E-state index contributed by atoms with van der Waals surface area (Å²) in [5.41, 5.74) is 0.563. The normalized spacial score (nSPS) is 32.5. The van der Waals surface area contributed by atoms with Gasteiger partial charge in [-0.1, -0.05) is 0 Å². The van der Waals surface area contributed by atoms with E-state index in [0.717, 1.165) is 37.0 Å². The van der Waals surface area contributed by atoms with Crippen molar-refractivity contribution in [3.8, 4) is 5.75 Å². The topological polar surface area (TPSA) is 50.4 Å². The molecule has 4 bridgehead atoms. The molecule has 2 N–H and O–H groups in total. The number of hydrogen-bond donors (Lipinski definition) is 2. The lowest BCUT2D eigenvalue weighted by Crippen LogP contribution is -2.59. The lowest BCUT2D eigenvalue weighted by molar-refractivity contribution is -0.274. The first-order chi connectivity index (χ1) is 12.3. The second-order valence-electron chi connectivity index (χ2n) is 8.17. The van der Waals surface area contributed by atoms with Crippen LogP contribution in [0.3, 0.4) is 0 Å². The molecule has 0 aliphatic heterocycles. The first kappa shape index (κ1) is 17.6. The Labute approximate surface area is 150 Å². The second kappa shape index (κ2) is 6.44. The van der Waals surface area contributed by atoms with Crippen molar-refractivity contribution >= 4 is 11.6 Å². The summed E-state index contributed by atoms with van der Waals surface area (Å²) in [5, 5.41) is 6.23. The van der Waals surface area contributed by atoms with Crippen LogP contribution in [0.1, 0.15) is 38.5 Å². The number of ether oxygens (including phenoxy) is 1. The van der Waals surface area contributed by atoms with Gasteiger partial charge in [-0.2, -0.15) is 0 Å². The summed E-state index contributed by atoms with van der Waals surface area (Å²) in [7, 11) is 0. The Hall–Kier alpha value is -1.76. The van der Waals surface area contributed by atoms with Gasteiger partial charge in [0.1, 0.15) is 5.75 Å². The van der Waals surface area contributed by atoms with Crippen LogP contribution in [0.4, 0.5) is 18.9 Å². The first-order valence-corrected chi connectivity index (χ1v) is 9.19. The van der Waals surface area contributed by atoms with E-state index in [9.17, 15) is 18.0 Å². The van der Waals surface area contributed by atoms with Crippen molar-refractivity contribution in [1.82, 2.24) is 5.32 Å². The molecule has 0 unspecified atom stereocenters. The molecule has 26 heavy (non-hydrogen) atoms. The molecule has 142 valence electrons. The predicted molar refractivity (Wildman–Crippen MR) is 90.7 cm³/mol. The highest BCUT2D eigenvalue weighted by Gasteiger charge is 2.50. The zero-order valence-corrected chi connectivity index (χ0v) is 14.4. The van der Waals surface area contributed by atoms with Gasteiger partial charge in [0.25, 0.3) is 0 Å². The van der Waals surface area contributed by atoms with Gasteiger partial charge in [-0.15, -0.1) is 13.2 Å². The van der Waals surface area contributed by atoms with E-state index in [1.165, 1.54) is 43.5 Å². The van der Waals surface area contributed by atoms with Gasteiger partial charge in [0, 0.05) is 11.2 Å². The molecule has 4 saturated carbocycles. The molecule has 1 aromatic rings. The fourth-order valence-electron chi connectivity index (χ4n) is 5.54. The monoisotopic (exact) mass is 368 g/mol. The maximum Gasteiger partial charge on any atom is 0.573 e. The summed E-state index contributed by atoms with van der Waals surface area (Å²) in [6.07, 6.45) is 2.81. The van der Waals surface area contributed by atoms with Crippen LogP contribution in [0, 0.1) is 17.8 Å². The lowest BCUT2D eigenvalue weighted by Gasteiger charge is -2.57. The Kier molecular flexibility index (Phi) is 4.37. The van der Waals surface area contributed by atoms with E-state index in [1.54, 1.807) is 0 Å². The molecule has 4 fully saturated rings. The number of alkyl halides is 3. The first-order valence-electron chi connectivity index (χ1n) is 9.19. The predicted octanol–water partition coefficient (Wildman–Crippen LogP) is 4.08. The van der Waals surface area contributed by atoms with Crippen LogP contribution >= 0.6 is 0 Å². The molecule has 0 aromatic heterocycles. The minimum absolute atomic E-state index is 0.108. The van der Waals surface area contributed by atoms with Crippen molar-refractivity contribution < 1.29 is 22.7 Å². The number of halogens is 3. The van der Waals surface area contributed by atoms with Crippen LogP contribution in [0.2, 0.25) is 0 Å². The van der Waals surface area contributed by atoms with E-state index in [4.69, 9.17) is 0 Å². The Balaban J connectivity index is 1.29. The van der Waals surface area contributed by atoms with Crippen molar-refractivity contribution in [3.63, 3.8) is 0 Å². The van der Waals surface area contributed by atoms with Crippen LogP contribution in [0.15, 0.2) is 24.3 Å². The van der Waals surface area contributed by atoms with E-state index in [2.05, 4.69) is 15.4 Å². The minimum Gasteiger partial charge on any atom is -0.406 e. The van der Waals surface area contributed by atoms with Crippen LogP contribution in [0.25, 0.3) is 0 Å². The number of nitrogens with one attached hydrogen (secondary N) is 2. The van der Waals surface area contributed by atoms with Crippen LogP contribution < -0.4 is 15.4 Å². The summed E-state index contributed by atoms with van der Waals surface area (Å²) < 4.78 is 40.3. The molecule has 1 aromatic carbocycles. The van der Waals surface area contributed by atoms with Gasteiger partial charge >= 0.3 is 6.36 Å². The van der Waals surface area contributed by atoms with Crippen molar-refractivity contribution in [1.29, 1.82) is 0 Å². The number of amides is 1. The average molecular weight is 368 g/mol. The van der Waals surface area contributed by atoms with Gasteiger partial charge in [0.15, 0.2) is 0 Å². The molecular weight excluding hydrogens is 345 g/mol. The van der Waals surface area contributed by atoms with Gasteiger partial charge < -0.3 is 15.4 Å². The Morgan fingerprint density at radius 2 is 1.58 bits per heavy atom. The quantitative estimate of drug-likeness (QED) is 0.823. The molecule has 0 atom stereocenters. The molecule has 4 aliphatic rings. The van der Waals surface area contributed by atoms with Crippen molar-refractivity contribution in [2.45, 2.75) is 50.4 Å². The molecule has 7 heteroatoms. The number of anilines is 1. The molecular formula is C19H23F3N2O2. The van der Waals surface area contributed by atoms with Crippen LogP contribution in [-0.2, 0) is 4.79 Å². The van der Waals surface area contributed by atoms with Crippen LogP contribution in [-0.4, -0.2) is 24.4 Å². The van der Waals surface area contributed by atoms with Gasteiger partial charge in [0.2, 0.25) is 5.91 Å². The summed E-state index contributed by atoms with van der Waals surface area (Å²) in [5.74, 6) is 1.93. The summed E-state index contributed by atoms with van der Waals surface area (Å²) >= 11 is 0. The average Bonchev–Trinajstić information content (AvgIpc) is 2.52. The highest BCUT2D eigenvalue weighted by atomic mass is 19.4. The Morgan fingerprint density at radius 1 is 1.04 bits per heavy atom. The third kappa shape index (κ3) is 3.98. The molecule has 0 heterocycles. The highest BCUT2D eigenvalue weighted by molar-refractivity contribution is 5.92. The SMILES string of the molecule is O=C(CNC12CC3CC(CC(C3)C1)C2)Nc1ccc(OC(F)(F)F)cc1. The second-order valence-corrected chi connectivity index (χ2v) is 8.17. The summed E-state index contributed by atoms with van der Waals surface area (Å²) in [6, 6.07) is 5.19. The van der Waals surface area contributed by atoms with E-state index in [0.29, 0.717) is 5.69 Å². The summed E-state index contributed by atoms with van der Waals surface area (Å²) in [6.45, 7) is 0.229. The molecule has 1 amide bonds. The molecule has 5 rings (SSSR count). The largest absolute Gasteiger partial charge is 0.573 e. The number of benzene rings is 1. The van der Waals surface area contributed by atoms with E-state index >= 15 is 0 Å². The molecule has 0 saturated heterocycles. The van der Waals surface area contributed by atoms with Crippen LogP contribution in [0.5, 0.6) is 5.75 Å². The fourth-order valence-corrected chi connectivity index (χ4v) is 5.54. The van der Waals surface area contributed by atoms with Gasteiger partial charge in [-0.05, 0) is 80.5 Å². The maximum absolute atomic E-state index is 12.2. The number of carbonyl (C=O) groups excluding carboxylic acids is 1. The van der Waals surface area contributed by atoms with E-state index in [-0.39, 0.29) is 23.7 Å². The van der Waals surface area contributed by atoms with Crippen molar-refractivity contribution in [2.24, 2.45) is 17.8 Å². The van der Waals surface area contributed by atoms with E-state index in [1.807, 2.05) is 0 Å². The standard InChI is InChI=1S/C19H23F3N2O2/c20-19(21,22)26-16-3-1-15(2-4-16)24-17(25)11-23-18-8-12-5-13(9-18)7-14(6-12)10-18/h1-4,12-14,23H,5-11H2,(H,24,25). The lowest BCUT2D eigenvalue weighted by atomic mass is 9.53. The number of hydrogen-bond acceptors (Lipinski definition) is 3. The molecule has 0 radical (unpaired) electrons. The number of carbonyl (C=O) groups is 1. The smallest absolute Gasteiger partial charge is 0.406 e. The Bertz CT molecular complexity index is 637. The van der Waals surface area contributed by atoms with Crippen molar-refractivity contribution in [2.75, 3.05) is 11.9 Å². The van der Waals surface area contributed by atoms with E-state index < -0.39 is 6.36 Å². The van der Waals surface area contributed by atoms with Gasteiger partial charge in [0.05, 0.1) is 6.54 Å². The molecule has 0 spiro atoms. The highest BCUT2D eigenvalue weighted by Crippen LogP contribution is 2.55. The minimum atomic E-state index is -4.72. The molecule has 4 aliphatic carbocycles. The van der Waals surface area contributed by atoms with Crippen molar-refractivity contribution in [3.05, 3.63) is 24.3 Å². The number of rotatable bonds is 5.